The molecular formula is C14H34N2+2. The number of hydrogen-bond acceptors (Lipinski definition) is 0. The molecule has 0 spiro atoms. The van der Waals surface area contributed by atoms with Crippen molar-refractivity contribution in [2.75, 3.05) is 53.9 Å². The highest BCUT2D eigenvalue weighted by molar-refractivity contribution is 4.44. The van der Waals surface area contributed by atoms with Crippen molar-refractivity contribution in [3.8, 4) is 0 Å². The fraction of sp³-hybridized carbons (Fsp3) is 1.00. The second-order valence-corrected chi connectivity index (χ2v) is 6.09. The van der Waals surface area contributed by atoms with E-state index in [1.165, 1.54) is 56.5 Å². The maximum atomic E-state index is 2.33. The lowest BCUT2D eigenvalue weighted by Crippen LogP contribution is -2.48. The molecule has 0 fully saturated rings. The van der Waals surface area contributed by atoms with E-state index in [-0.39, 0.29) is 0 Å². The highest BCUT2D eigenvalue weighted by Gasteiger charge is 2.19. The maximum absolute atomic E-state index is 2.33. The van der Waals surface area contributed by atoms with Crippen LogP contribution in [0.15, 0.2) is 0 Å². The van der Waals surface area contributed by atoms with Crippen LogP contribution in [-0.4, -0.2) is 62.8 Å². The van der Waals surface area contributed by atoms with E-state index < -0.39 is 0 Å². The Labute approximate surface area is 103 Å². The zero-order valence-corrected chi connectivity index (χ0v) is 12.6. The average Bonchev–Trinajstić information content (AvgIpc) is 2.23. The van der Waals surface area contributed by atoms with Gasteiger partial charge in [-0.15, -0.1) is 0 Å². The summed E-state index contributed by atoms with van der Waals surface area (Å²) in [5, 5.41) is 0. The first kappa shape index (κ1) is 15.9. The molecule has 2 nitrogen and oxygen atoms in total. The standard InChI is InChI=1S/C14H34N2/c1-7-16(8-2,9-3)14-12-10-11-13-15(4,5)6/h7-14H2,1-6H3/q+2. The van der Waals surface area contributed by atoms with Gasteiger partial charge in [-0.1, -0.05) is 0 Å². The Morgan fingerprint density at radius 1 is 0.625 bits per heavy atom. The molecule has 0 unspecified atom stereocenters. The molecule has 0 atom stereocenters. The molecule has 0 aliphatic heterocycles. The minimum Gasteiger partial charge on any atom is -0.331 e. The summed E-state index contributed by atoms with van der Waals surface area (Å²) in [4.78, 5) is 0. The summed E-state index contributed by atoms with van der Waals surface area (Å²) in [5.74, 6) is 0. The van der Waals surface area contributed by atoms with E-state index in [0.29, 0.717) is 0 Å². The van der Waals surface area contributed by atoms with Crippen LogP contribution in [0.5, 0.6) is 0 Å². The maximum Gasteiger partial charge on any atom is 0.0786 e. The quantitative estimate of drug-likeness (QED) is 0.422. The monoisotopic (exact) mass is 230 g/mol. The third kappa shape index (κ3) is 6.49. The number of rotatable bonds is 9. The van der Waals surface area contributed by atoms with Crippen LogP contribution in [0.3, 0.4) is 0 Å². The van der Waals surface area contributed by atoms with Crippen LogP contribution >= 0.6 is 0 Å². The van der Waals surface area contributed by atoms with Crippen LogP contribution in [0.1, 0.15) is 40.0 Å². The molecule has 0 saturated carbocycles. The van der Waals surface area contributed by atoms with E-state index in [0.717, 1.165) is 4.48 Å². The van der Waals surface area contributed by atoms with Crippen molar-refractivity contribution in [3.05, 3.63) is 0 Å². The third-order valence-corrected chi connectivity index (χ3v) is 3.97. The zero-order valence-electron chi connectivity index (χ0n) is 12.6. The molecule has 0 aliphatic rings. The summed E-state index contributed by atoms with van der Waals surface area (Å²) in [6.07, 6.45) is 4.17. The minimum absolute atomic E-state index is 1.11. The van der Waals surface area contributed by atoms with Gasteiger partial charge in [-0.3, -0.25) is 0 Å². The van der Waals surface area contributed by atoms with Gasteiger partial charge in [0.15, 0.2) is 0 Å². The van der Waals surface area contributed by atoms with Crippen LogP contribution in [0.2, 0.25) is 0 Å². The SMILES string of the molecule is CC[N+](CC)(CC)CCCCC[N+](C)(C)C. The predicted octanol–water partition coefficient (Wildman–Crippen LogP) is 2.74. The lowest BCUT2D eigenvalue weighted by molar-refractivity contribution is -0.923. The molecule has 0 amide bonds. The number of hydrogen-bond donors (Lipinski definition) is 0. The minimum atomic E-state index is 1.11. The highest BCUT2D eigenvalue weighted by Crippen LogP contribution is 2.10. The molecule has 0 heterocycles. The Bertz CT molecular complexity index is 158. The van der Waals surface area contributed by atoms with Gasteiger partial charge in [0.25, 0.3) is 0 Å². The third-order valence-electron chi connectivity index (χ3n) is 3.97. The first-order valence-electron chi connectivity index (χ1n) is 7.04. The number of nitrogens with zero attached hydrogens (tertiary/aromatic N) is 2. The molecule has 16 heavy (non-hydrogen) atoms. The molecular weight excluding hydrogens is 196 g/mol. The highest BCUT2D eigenvalue weighted by atomic mass is 15.3. The second kappa shape index (κ2) is 7.29. The molecule has 0 rings (SSSR count). The van der Waals surface area contributed by atoms with Crippen LogP contribution in [0, 0.1) is 0 Å². The molecule has 0 aromatic heterocycles. The summed E-state index contributed by atoms with van der Waals surface area (Å²) in [6.45, 7) is 13.6. The van der Waals surface area contributed by atoms with E-state index in [1.807, 2.05) is 0 Å². The van der Waals surface area contributed by atoms with Crippen molar-refractivity contribution in [1.82, 2.24) is 0 Å². The fourth-order valence-corrected chi connectivity index (χ4v) is 2.36. The van der Waals surface area contributed by atoms with Crippen molar-refractivity contribution < 1.29 is 8.97 Å². The predicted molar refractivity (Wildman–Crippen MR) is 73.5 cm³/mol. The lowest BCUT2D eigenvalue weighted by atomic mass is 10.2. The topological polar surface area (TPSA) is 0 Å². The van der Waals surface area contributed by atoms with Crippen molar-refractivity contribution in [2.24, 2.45) is 0 Å². The molecule has 2 heteroatoms. The zero-order chi connectivity index (χ0) is 12.7. The normalized spacial score (nSPS) is 13.1. The summed E-state index contributed by atoms with van der Waals surface area (Å²) in [5.41, 5.74) is 0. The Hall–Kier alpha value is -0.0800. The average molecular weight is 230 g/mol. The summed E-state index contributed by atoms with van der Waals surface area (Å²) < 4.78 is 2.42. The van der Waals surface area contributed by atoms with Gasteiger partial charge >= 0.3 is 0 Å². The van der Waals surface area contributed by atoms with E-state index in [1.54, 1.807) is 0 Å². The van der Waals surface area contributed by atoms with Crippen LogP contribution in [-0.2, 0) is 0 Å². The van der Waals surface area contributed by atoms with Gasteiger partial charge in [0, 0.05) is 0 Å². The molecule has 0 aliphatic carbocycles. The van der Waals surface area contributed by atoms with Gasteiger partial charge in [-0.2, -0.15) is 0 Å². The molecule has 0 aromatic carbocycles. The lowest BCUT2D eigenvalue weighted by Gasteiger charge is -2.36. The fourth-order valence-electron chi connectivity index (χ4n) is 2.36. The molecule has 0 aromatic rings. The van der Waals surface area contributed by atoms with E-state index in [4.69, 9.17) is 0 Å². The molecule has 0 N–H and O–H groups in total. The van der Waals surface area contributed by atoms with Gasteiger partial charge < -0.3 is 8.97 Å². The molecule has 98 valence electrons. The van der Waals surface area contributed by atoms with Crippen molar-refractivity contribution in [1.29, 1.82) is 0 Å². The van der Waals surface area contributed by atoms with Gasteiger partial charge in [0.1, 0.15) is 0 Å². The van der Waals surface area contributed by atoms with Crippen molar-refractivity contribution in [3.63, 3.8) is 0 Å². The second-order valence-electron chi connectivity index (χ2n) is 6.09. The van der Waals surface area contributed by atoms with Crippen LogP contribution < -0.4 is 0 Å². The Balaban J connectivity index is 3.71. The largest absolute Gasteiger partial charge is 0.331 e. The van der Waals surface area contributed by atoms with Gasteiger partial charge in [0.05, 0.1) is 53.9 Å². The van der Waals surface area contributed by atoms with E-state index in [2.05, 4.69) is 41.9 Å². The summed E-state index contributed by atoms with van der Waals surface area (Å²) >= 11 is 0. The van der Waals surface area contributed by atoms with Crippen molar-refractivity contribution in [2.45, 2.75) is 40.0 Å². The van der Waals surface area contributed by atoms with E-state index in [9.17, 15) is 0 Å². The Morgan fingerprint density at radius 3 is 1.44 bits per heavy atom. The van der Waals surface area contributed by atoms with Gasteiger partial charge in [0.2, 0.25) is 0 Å². The smallest absolute Gasteiger partial charge is 0.0786 e. The first-order chi connectivity index (χ1) is 7.39. The van der Waals surface area contributed by atoms with Crippen LogP contribution in [0.25, 0.3) is 0 Å². The molecule has 0 bridgehead atoms. The molecule has 0 saturated heterocycles. The Kier molecular flexibility index (Phi) is 7.25. The number of unbranched alkanes of at least 4 members (excludes halogenated alkanes) is 2. The summed E-state index contributed by atoms with van der Waals surface area (Å²) in [7, 11) is 6.85. The Morgan fingerprint density at radius 2 is 1.06 bits per heavy atom. The van der Waals surface area contributed by atoms with Crippen molar-refractivity contribution >= 4 is 0 Å². The van der Waals surface area contributed by atoms with Crippen LogP contribution in [0.4, 0.5) is 0 Å². The van der Waals surface area contributed by atoms with Gasteiger partial charge in [-0.25, -0.2) is 0 Å². The first-order valence-corrected chi connectivity index (χ1v) is 7.04. The van der Waals surface area contributed by atoms with Gasteiger partial charge in [-0.05, 0) is 40.0 Å². The van der Waals surface area contributed by atoms with E-state index >= 15 is 0 Å². The molecule has 0 radical (unpaired) electrons. The number of quaternary nitrogens is 2. The summed E-state index contributed by atoms with van der Waals surface area (Å²) in [6, 6.07) is 0.